The van der Waals surface area contributed by atoms with Crippen molar-refractivity contribution in [1.82, 2.24) is 10.6 Å². The van der Waals surface area contributed by atoms with Gasteiger partial charge in [-0.15, -0.1) is 0 Å². The lowest BCUT2D eigenvalue weighted by atomic mass is 9.82. The quantitative estimate of drug-likeness (QED) is 0.233. The third-order valence-corrected chi connectivity index (χ3v) is 4.89. The molecule has 32 heavy (non-hydrogen) atoms. The van der Waals surface area contributed by atoms with Crippen molar-refractivity contribution in [3.8, 4) is 0 Å². The molecular weight excluding hydrogens is 408 g/mol. The van der Waals surface area contributed by atoms with E-state index >= 15 is 0 Å². The van der Waals surface area contributed by atoms with Gasteiger partial charge in [-0.25, -0.2) is 0 Å². The molecule has 0 amide bonds. The smallest absolute Gasteiger partial charge is 0.196 e. The standard InChI is InChI=1S/C22H28N4O4.C2H6/c27-13-11-23-7-9-25-17-5-6-18(26-10-8-24-12-14-28)20-19(17)21(29)15-3-1-2-4-16(15)22(20)30;1-2/h1-6,23-28H,7-14H2;1-2H3. The summed E-state index contributed by atoms with van der Waals surface area (Å²) >= 11 is 0. The van der Waals surface area contributed by atoms with Gasteiger partial charge in [-0.1, -0.05) is 38.1 Å². The first kappa shape index (κ1) is 25.5. The van der Waals surface area contributed by atoms with Crippen molar-refractivity contribution in [2.24, 2.45) is 0 Å². The van der Waals surface area contributed by atoms with Crippen molar-refractivity contribution >= 4 is 22.9 Å². The molecule has 0 aliphatic heterocycles. The van der Waals surface area contributed by atoms with Crippen LogP contribution in [0.25, 0.3) is 0 Å². The molecule has 0 aromatic heterocycles. The lowest BCUT2D eigenvalue weighted by Gasteiger charge is -2.24. The van der Waals surface area contributed by atoms with Crippen LogP contribution in [0.15, 0.2) is 36.4 Å². The molecule has 2 aromatic rings. The SMILES string of the molecule is CC.O=C1c2ccccc2C(=O)c2c(NCCNCCO)ccc(NCCNCCO)c21. The zero-order chi connectivity index (χ0) is 23.3. The largest absolute Gasteiger partial charge is 0.395 e. The number of benzene rings is 2. The molecule has 1 aliphatic rings. The van der Waals surface area contributed by atoms with Crippen LogP contribution in [-0.4, -0.2) is 74.3 Å². The van der Waals surface area contributed by atoms with Crippen molar-refractivity contribution in [1.29, 1.82) is 0 Å². The molecule has 6 N–H and O–H groups in total. The lowest BCUT2D eigenvalue weighted by Crippen LogP contribution is -2.28. The van der Waals surface area contributed by atoms with E-state index in [2.05, 4.69) is 21.3 Å². The number of aliphatic hydroxyl groups excluding tert-OH is 2. The van der Waals surface area contributed by atoms with Crippen LogP contribution >= 0.6 is 0 Å². The van der Waals surface area contributed by atoms with Crippen molar-refractivity contribution < 1.29 is 19.8 Å². The van der Waals surface area contributed by atoms with Crippen LogP contribution in [0, 0.1) is 0 Å². The molecule has 2 aromatic carbocycles. The first-order valence-corrected chi connectivity index (χ1v) is 11.2. The number of ketones is 2. The van der Waals surface area contributed by atoms with Crippen LogP contribution in [0.2, 0.25) is 0 Å². The van der Waals surface area contributed by atoms with Crippen LogP contribution in [0.3, 0.4) is 0 Å². The Kier molecular flexibility index (Phi) is 10.8. The first-order chi connectivity index (χ1) is 15.7. The third kappa shape index (κ3) is 6.14. The summed E-state index contributed by atoms with van der Waals surface area (Å²) in [4.78, 5) is 26.5. The molecule has 0 bridgehead atoms. The van der Waals surface area contributed by atoms with E-state index in [1.54, 1.807) is 24.3 Å². The second-order valence-electron chi connectivity index (χ2n) is 6.92. The molecule has 0 fully saturated rings. The molecule has 8 heteroatoms. The Morgan fingerprint density at radius 2 is 1.03 bits per heavy atom. The average molecular weight is 443 g/mol. The number of carbonyl (C=O) groups excluding carboxylic acids is 2. The zero-order valence-corrected chi connectivity index (χ0v) is 18.8. The molecular formula is C24H34N4O4. The maximum atomic E-state index is 13.3. The van der Waals surface area contributed by atoms with E-state index < -0.39 is 0 Å². The predicted octanol–water partition coefficient (Wildman–Crippen LogP) is 1.48. The number of hydrogen-bond acceptors (Lipinski definition) is 8. The van der Waals surface area contributed by atoms with E-state index in [0.717, 1.165) is 0 Å². The minimum absolute atomic E-state index is 0.0622. The number of hydrogen-bond donors (Lipinski definition) is 6. The van der Waals surface area contributed by atoms with Crippen LogP contribution in [-0.2, 0) is 0 Å². The van der Waals surface area contributed by atoms with Crippen molar-refractivity contribution in [3.63, 3.8) is 0 Å². The summed E-state index contributed by atoms with van der Waals surface area (Å²) in [6.07, 6.45) is 0. The van der Waals surface area contributed by atoms with E-state index in [9.17, 15) is 9.59 Å². The number of rotatable bonds is 12. The van der Waals surface area contributed by atoms with E-state index in [4.69, 9.17) is 10.2 Å². The fraction of sp³-hybridized carbons (Fsp3) is 0.417. The van der Waals surface area contributed by atoms with Gasteiger partial charge in [0.15, 0.2) is 11.6 Å². The summed E-state index contributed by atoms with van der Waals surface area (Å²) in [6.45, 7) is 7.45. The van der Waals surface area contributed by atoms with Gasteiger partial charge in [0.05, 0.1) is 24.3 Å². The minimum Gasteiger partial charge on any atom is -0.395 e. The summed E-state index contributed by atoms with van der Waals surface area (Å²) in [5, 5.41) is 30.3. The summed E-state index contributed by atoms with van der Waals surface area (Å²) in [6, 6.07) is 10.5. The normalized spacial score (nSPS) is 11.9. The molecule has 0 radical (unpaired) electrons. The van der Waals surface area contributed by atoms with Gasteiger partial charge in [0.25, 0.3) is 0 Å². The van der Waals surface area contributed by atoms with Gasteiger partial charge in [-0.2, -0.15) is 0 Å². The van der Waals surface area contributed by atoms with Crippen LogP contribution < -0.4 is 21.3 Å². The molecule has 0 heterocycles. The maximum Gasteiger partial charge on any atom is 0.196 e. The van der Waals surface area contributed by atoms with Gasteiger partial charge in [0.2, 0.25) is 0 Å². The lowest BCUT2D eigenvalue weighted by molar-refractivity contribution is 0.0980. The second-order valence-corrected chi connectivity index (χ2v) is 6.92. The first-order valence-electron chi connectivity index (χ1n) is 11.2. The Labute approximate surface area is 189 Å². The van der Waals surface area contributed by atoms with Crippen molar-refractivity contribution in [3.05, 3.63) is 58.7 Å². The highest BCUT2D eigenvalue weighted by molar-refractivity contribution is 6.31. The van der Waals surface area contributed by atoms with Crippen LogP contribution in [0.4, 0.5) is 11.4 Å². The maximum absolute atomic E-state index is 13.3. The number of nitrogens with one attached hydrogen (secondary N) is 4. The minimum atomic E-state index is -0.173. The van der Waals surface area contributed by atoms with Gasteiger partial charge in [-0.05, 0) is 12.1 Å². The molecule has 0 spiro atoms. The zero-order valence-electron chi connectivity index (χ0n) is 18.8. The highest BCUT2D eigenvalue weighted by Crippen LogP contribution is 2.36. The predicted molar refractivity (Wildman–Crippen MR) is 128 cm³/mol. The summed E-state index contributed by atoms with van der Waals surface area (Å²) in [5.74, 6) is -0.346. The molecule has 8 nitrogen and oxygen atoms in total. The fourth-order valence-corrected chi connectivity index (χ4v) is 3.50. The number of aliphatic hydroxyl groups is 2. The van der Waals surface area contributed by atoms with Crippen LogP contribution in [0.1, 0.15) is 45.7 Å². The van der Waals surface area contributed by atoms with Crippen molar-refractivity contribution in [2.45, 2.75) is 13.8 Å². The third-order valence-electron chi connectivity index (χ3n) is 4.89. The summed E-state index contributed by atoms with van der Waals surface area (Å²) < 4.78 is 0. The molecule has 0 saturated heterocycles. The van der Waals surface area contributed by atoms with Crippen LogP contribution in [0.5, 0.6) is 0 Å². The number of carbonyl (C=O) groups is 2. The topological polar surface area (TPSA) is 123 Å². The Bertz CT molecular complexity index is 830. The highest BCUT2D eigenvalue weighted by atomic mass is 16.3. The highest BCUT2D eigenvalue weighted by Gasteiger charge is 2.33. The summed E-state index contributed by atoms with van der Waals surface area (Å²) in [7, 11) is 0. The van der Waals surface area contributed by atoms with Gasteiger partial charge in [0, 0.05) is 61.8 Å². The molecule has 0 unspecified atom stereocenters. The Morgan fingerprint density at radius 3 is 1.41 bits per heavy atom. The fourth-order valence-electron chi connectivity index (χ4n) is 3.50. The molecule has 174 valence electrons. The van der Waals surface area contributed by atoms with Gasteiger partial charge < -0.3 is 31.5 Å². The van der Waals surface area contributed by atoms with E-state index in [1.807, 2.05) is 26.0 Å². The van der Waals surface area contributed by atoms with Gasteiger partial charge >= 0.3 is 0 Å². The Balaban J connectivity index is 0.00000176. The Morgan fingerprint density at radius 1 is 0.625 bits per heavy atom. The average Bonchev–Trinajstić information content (AvgIpc) is 2.83. The summed E-state index contributed by atoms with van der Waals surface area (Å²) in [5.41, 5.74) is 2.83. The van der Waals surface area contributed by atoms with E-state index in [-0.39, 0.29) is 24.8 Å². The van der Waals surface area contributed by atoms with Crippen molar-refractivity contribution in [2.75, 3.05) is 63.1 Å². The molecule has 1 aliphatic carbocycles. The number of anilines is 2. The number of fused-ring (bicyclic) bond motifs is 2. The van der Waals surface area contributed by atoms with Gasteiger partial charge in [0.1, 0.15) is 0 Å². The Hall–Kier alpha value is -2.78. The molecule has 0 saturated carbocycles. The molecule has 0 atom stereocenters. The second kappa shape index (κ2) is 13.6. The van der Waals surface area contributed by atoms with E-state index in [0.29, 0.717) is 72.9 Å². The monoisotopic (exact) mass is 442 g/mol. The molecule has 3 rings (SSSR count). The van der Waals surface area contributed by atoms with E-state index in [1.165, 1.54) is 0 Å². The van der Waals surface area contributed by atoms with Gasteiger partial charge in [-0.3, -0.25) is 9.59 Å².